The molecule has 0 spiro atoms. The second kappa shape index (κ2) is 7.08. The molecule has 9 nitrogen and oxygen atoms in total. The Bertz CT molecular complexity index is 751. The van der Waals surface area contributed by atoms with Crippen molar-refractivity contribution >= 4 is 5.91 Å². The van der Waals surface area contributed by atoms with Crippen molar-refractivity contribution in [1.29, 1.82) is 0 Å². The third-order valence-electron chi connectivity index (χ3n) is 4.65. The van der Waals surface area contributed by atoms with E-state index in [1.54, 1.807) is 18.5 Å². The average molecular weight is 358 g/mol. The van der Waals surface area contributed by atoms with Crippen LogP contribution in [-0.4, -0.2) is 80.7 Å². The number of rotatable bonds is 4. The highest BCUT2D eigenvalue weighted by atomic mass is 16.5. The highest BCUT2D eigenvalue weighted by Crippen LogP contribution is 2.27. The fourth-order valence-electron chi connectivity index (χ4n) is 3.43. The lowest BCUT2D eigenvalue weighted by Gasteiger charge is -2.40. The van der Waals surface area contributed by atoms with Gasteiger partial charge in [0, 0.05) is 38.6 Å². The fourth-order valence-corrected chi connectivity index (χ4v) is 3.43. The molecule has 0 saturated carbocycles. The van der Waals surface area contributed by atoms with Gasteiger partial charge in [0.1, 0.15) is 0 Å². The molecule has 0 aliphatic carbocycles. The summed E-state index contributed by atoms with van der Waals surface area (Å²) in [6.45, 7) is 7.20. The molecule has 2 aromatic rings. The van der Waals surface area contributed by atoms with Gasteiger partial charge in [-0.2, -0.15) is 4.98 Å². The Balaban J connectivity index is 1.29. The zero-order chi connectivity index (χ0) is 18.1. The quantitative estimate of drug-likeness (QED) is 0.782. The van der Waals surface area contributed by atoms with Crippen LogP contribution in [0.1, 0.15) is 25.7 Å². The molecule has 0 N–H and O–H groups in total. The van der Waals surface area contributed by atoms with E-state index in [4.69, 9.17) is 9.26 Å². The van der Waals surface area contributed by atoms with Crippen molar-refractivity contribution in [3.05, 3.63) is 24.4 Å². The molecule has 0 unspecified atom stereocenters. The molecule has 26 heavy (non-hydrogen) atoms. The topological polar surface area (TPSA) is 97.5 Å². The summed E-state index contributed by atoms with van der Waals surface area (Å²) in [5.74, 6) is 1.71. The van der Waals surface area contributed by atoms with Crippen LogP contribution in [0.2, 0.25) is 0 Å². The van der Waals surface area contributed by atoms with Crippen LogP contribution in [0, 0.1) is 0 Å². The van der Waals surface area contributed by atoms with Gasteiger partial charge in [0.15, 0.2) is 0 Å². The molecule has 2 aliphatic heterocycles. The van der Waals surface area contributed by atoms with Crippen molar-refractivity contribution in [2.45, 2.75) is 32.0 Å². The van der Waals surface area contributed by atoms with E-state index in [0.717, 1.165) is 13.1 Å². The summed E-state index contributed by atoms with van der Waals surface area (Å²) in [4.78, 5) is 29.1. The number of hydrogen-bond acceptors (Lipinski definition) is 8. The van der Waals surface area contributed by atoms with Gasteiger partial charge in [0.05, 0.1) is 24.7 Å². The summed E-state index contributed by atoms with van der Waals surface area (Å²) in [5, 5.41) is 3.95. The van der Waals surface area contributed by atoms with Gasteiger partial charge in [-0.1, -0.05) is 5.16 Å². The predicted molar refractivity (Wildman–Crippen MR) is 91.1 cm³/mol. The molecule has 2 aliphatic rings. The summed E-state index contributed by atoms with van der Waals surface area (Å²) in [6, 6.07) is 1.74. The molecule has 1 amide bonds. The largest absolute Gasteiger partial charge is 0.372 e. The van der Waals surface area contributed by atoms with Crippen molar-refractivity contribution in [3.63, 3.8) is 0 Å². The Labute approximate surface area is 151 Å². The number of aromatic nitrogens is 4. The number of ether oxygens (including phenoxy) is 1. The molecule has 2 aromatic heterocycles. The first kappa shape index (κ1) is 17.0. The first-order valence-corrected chi connectivity index (χ1v) is 8.85. The third-order valence-corrected chi connectivity index (χ3v) is 4.65. The van der Waals surface area contributed by atoms with E-state index in [1.165, 1.54) is 0 Å². The van der Waals surface area contributed by atoms with E-state index < -0.39 is 0 Å². The van der Waals surface area contributed by atoms with Crippen LogP contribution < -0.4 is 0 Å². The van der Waals surface area contributed by atoms with E-state index in [-0.39, 0.29) is 24.0 Å². The van der Waals surface area contributed by atoms with Crippen LogP contribution in [0.4, 0.5) is 0 Å². The number of carbonyl (C=O) groups is 1. The van der Waals surface area contributed by atoms with Crippen LogP contribution >= 0.6 is 0 Å². The Morgan fingerprint density at radius 1 is 1.12 bits per heavy atom. The van der Waals surface area contributed by atoms with Crippen LogP contribution in [0.15, 0.2) is 23.0 Å². The van der Waals surface area contributed by atoms with Gasteiger partial charge >= 0.3 is 0 Å². The van der Waals surface area contributed by atoms with Gasteiger partial charge in [-0.3, -0.25) is 9.69 Å². The Hall–Kier alpha value is -2.39. The normalized spacial score (nSPS) is 24.5. The van der Waals surface area contributed by atoms with E-state index in [1.807, 2.05) is 18.7 Å². The lowest BCUT2D eigenvalue weighted by atomic mass is 10.00. The predicted octanol–water partition coefficient (Wildman–Crippen LogP) is 0.562. The van der Waals surface area contributed by atoms with E-state index in [0.29, 0.717) is 37.2 Å². The van der Waals surface area contributed by atoms with Crippen LogP contribution in [0.3, 0.4) is 0 Å². The number of carbonyl (C=O) groups excluding carboxylic acids is 1. The van der Waals surface area contributed by atoms with Crippen molar-refractivity contribution in [1.82, 2.24) is 29.9 Å². The van der Waals surface area contributed by atoms with Crippen molar-refractivity contribution in [2.75, 3.05) is 32.7 Å². The Morgan fingerprint density at radius 3 is 2.50 bits per heavy atom. The fraction of sp³-hybridized carbons (Fsp3) is 0.588. The molecule has 0 bridgehead atoms. The monoisotopic (exact) mass is 358 g/mol. The highest BCUT2D eigenvalue weighted by molar-refractivity contribution is 5.78. The third kappa shape index (κ3) is 3.58. The molecular weight excluding hydrogens is 336 g/mol. The maximum Gasteiger partial charge on any atom is 0.240 e. The zero-order valence-corrected chi connectivity index (χ0v) is 14.9. The summed E-state index contributed by atoms with van der Waals surface area (Å²) >= 11 is 0. The summed E-state index contributed by atoms with van der Waals surface area (Å²) in [6.07, 6.45) is 3.46. The molecule has 4 heterocycles. The number of hydrogen-bond donors (Lipinski definition) is 0. The first-order chi connectivity index (χ1) is 12.6. The maximum absolute atomic E-state index is 12.5. The summed E-state index contributed by atoms with van der Waals surface area (Å²) in [7, 11) is 0. The van der Waals surface area contributed by atoms with Gasteiger partial charge in [-0.15, -0.1) is 0 Å². The van der Waals surface area contributed by atoms with E-state index in [2.05, 4.69) is 25.0 Å². The van der Waals surface area contributed by atoms with E-state index >= 15 is 0 Å². The lowest BCUT2D eigenvalue weighted by Crippen LogP contribution is -2.54. The smallest absolute Gasteiger partial charge is 0.240 e. The lowest BCUT2D eigenvalue weighted by molar-refractivity contribution is -0.145. The Kier molecular flexibility index (Phi) is 4.64. The van der Waals surface area contributed by atoms with Gasteiger partial charge < -0.3 is 14.2 Å². The zero-order valence-electron chi connectivity index (χ0n) is 14.9. The van der Waals surface area contributed by atoms with Crippen molar-refractivity contribution in [2.24, 2.45) is 0 Å². The number of nitrogens with zero attached hydrogens (tertiary/aromatic N) is 6. The molecule has 2 atom stereocenters. The molecule has 2 saturated heterocycles. The van der Waals surface area contributed by atoms with Crippen LogP contribution in [0.5, 0.6) is 0 Å². The SMILES string of the molecule is C[C@@H]1CN(C(=O)CN2CC(c3nc(-c4ncccn4)no3)C2)C[C@@H](C)O1. The first-order valence-electron chi connectivity index (χ1n) is 8.85. The number of likely N-dealkylation sites (tertiary alicyclic amines) is 1. The van der Waals surface area contributed by atoms with Crippen molar-refractivity contribution in [3.8, 4) is 11.6 Å². The molecule has 138 valence electrons. The van der Waals surface area contributed by atoms with Gasteiger partial charge in [0.25, 0.3) is 0 Å². The minimum atomic E-state index is 0.0869. The molecule has 2 fully saturated rings. The van der Waals surface area contributed by atoms with Crippen LogP contribution in [-0.2, 0) is 9.53 Å². The minimum Gasteiger partial charge on any atom is -0.372 e. The molecule has 9 heteroatoms. The van der Waals surface area contributed by atoms with Gasteiger partial charge in [-0.05, 0) is 19.9 Å². The summed E-state index contributed by atoms with van der Waals surface area (Å²) in [5.41, 5.74) is 0. The average Bonchev–Trinajstić information content (AvgIpc) is 3.07. The second-order valence-electron chi connectivity index (χ2n) is 6.98. The van der Waals surface area contributed by atoms with Crippen LogP contribution in [0.25, 0.3) is 11.6 Å². The highest BCUT2D eigenvalue weighted by Gasteiger charge is 2.35. The number of morpholine rings is 1. The second-order valence-corrected chi connectivity index (χ2v) is 6.98. The standard InChI is InChI=1S/C17H22N6O3/c1-11-6-23(7-12(2)25-11)14(24)10-22-8-13(9-22)17-20-16(21-26-17)15-18-4-3-5-19-15/h3-5,11-13H,6-10H2,1-2H3/t11-,12-/m1/s1. The molecular formula is C17H22N6O3. The van der Waals surface area contributed by atoms with E-state index in [9.17, 15) is 4.79 Å². The van der Waals surface area contributed by atoms with Gasteiger partial charge in [0.2, 0.25) is 23.4 Å². The Morgan fingerprint density at radius 2 is 1.81 bits per heavy atom. The molecule has 0 radical (unpaired) electrons. The maximum atomic E-state index is 12.5. The molecule has 4 rings (SSSR count). The van der Waals surface area contributed by atoms with Gasteiger partial charge in [-0.25, -0.2) is 9.97 Å². The summed E-state index contributed by atoms with van der Waals surface area (Å²) < 4.78 is 11.0. The molecule has 0 aromatic carbocycles. The van der Waals surface area contributed by atoms with Crippen molar-refractivity contribution < 1.29 is 14.1 Å². The number of amides is 1. The minimum absolute atomic E-state index is 0.0869.